The Morgan fingerprint density at radius 2 is 1.58 bits per heavy atom. The Morgan fingerprint density at radius 1 is 0.970 bits per heavy atom. The number of likely N-dealkylation sites (tertiary alicyclic amines) is 1. The zero-order valence-electron chi connectivity index (χ0n) is 20.6. The molecular weight excluding hydrogens is 440 g/mol. The van der Waals surface area contributed by atoms with Gasteiger partial charge in [0.05, 0.1) is 10.8 Å². The minimum absolute atomic E-state index is 0.129. The second-order valence-corrected chi connectivity index (χ2v) is 11.4. The van der Waals surface area contributed by atoms with E-state index >= 15 is 0 Å². The number of ether oxygens (including phenoxy) is 1. The Labute approximate surface area is 198 Å². The van der Waals surface area contributed by atoms with E-state index in [-0.39, 0.29) is 37.6 Å². The number of piperidine rings is 2. The number of hydrogen-bond acceptors (Lipinski definition) is 5. The SMILES string of the molecule is CCC1CCCCN1C(=O)COC(=O)C1CCN(S(=O)(=O)c2c(C)c(C)cc(C)c2C)CC1. The first-order valence-corrected chi connectivity index (χ1v) is 13.6. The van der Waals surface area contributed by atoms with Crippen LogP contribution in [-0.4, -0.2) is 61.8 Å². The Bertz CT molecular complexity index is 970. The predicted molar refractivity (Wildman–Crippen MR) is 127 cm³/mol. The molecule has 0 N–H and O–H groups in total. The largest absolute Gasteiger partial charge is 0.455 e. The van der Waals surface area contributed by atoms with Crippen LogP contribution in [0.4, 0.5) is 0 Å². The molecule has 2 aliphatic heterocycles. The van der Waals surface area contributed by atoms with Crippen LogP contribution in [0.25, 0.3) is 0 Å². The Kier molecular flexibility index (Phi) is 8.22. The molecule has 8 heteroatoms. The Hall–Kier alpha value is -1.93. The van der Waals surface area contributed by atoms with E-state index in [0.717, 1.165) is 54.5 Å². The van der Waals surface area contributed by atoms with E-state index in [1.807, 2.05) is 38.7 Å². The van der Waals surface area contributed by atoms with E-state index in [0.29, 0.717) is 17.7 Å². The molecule has 2 saturated heterocycles. The number of benzene rings is 1. The monoisotopic (exact) mass is 478 g/mol. The van der Waals surface area contributed by atoms with Crippen molar-refractivity contribution >= 4 is 21.9 Å². The van der Waals surface area contributed by atoms with Crippen molar-refractivity contribution in [1.29, 1.82) is 0 Å². The molecule has 2 fully saturated rings. The van der Waals surface area contributed by atoms with Gasteiger partial charge in [0.2, 0.25) is 10.0 Å². The van der Waals surface area contributed by atoms with Crippen molar-refractivity contribution in [2.75, 3.05) is 26.2 Å². The quantitative estimate of drug-likeness (QED) is 0.583. The highest BCUT2D eigenvalue weighted by Gasteiger charge is 2.35. The molecule has 0 spiro atoms. The molecule has 0 aliphatic carbocycles. The lowest BCUT2D eigenvalue weighted by molar-refractivity contribution is -0.157. The van der Waals surface area contributed by atoms with Gasteiger partial charge >= 0.3 is 5.97 Å². The first kappa shape index (κ1) is 25.7. The van der Waals surface area contributed by atoms with Gasteiger partial charge in [-0.3, -0.25) is 9.59 Å². The molecule has 0 aromatic heterocycles. The molecule has 1 aromatic rings. The number of hydrogen-bond donors (Lipinski definition) is 0. The van der Waals surface area contributed by atoms with E-state index in [2.05, 4.69) is 6.92 Å². The fourth-order valence-electron chi connectivity index (χ4n) is 5.12. The summed E-state index contributed by atoms with van der Waals surface area (Å²) in [4.78, 5) is 27.4. The lowest BCUT2D eigenvalue weighted by Gasteiger charge is -2.35. The highest BCUT2D eigenvalue weighted by atomic mass is 32.2. The summed E-state index contributed by atoms with van der Waals surface area (Å²) in [6.07, 6.45) is 4.83. The third-order valence-electron chi connectivity index (χ3n) is 7.44. The van der Waals surface area contributed by atoms with Gasteiger partial charge in [0.25, 0.3) is 5.91 Å². The molecule has 1 amide bonds. The summed E-state index contributed by atoms with van der Waals surface area (Å²) in [6.45, 7) is 10.7. The summed E-state index contributed by atoms with van der Waals surface area (Å²) in [5, 5.41) is 0. The van der Waals surface area contributed by atoms with E-state index < -0.39 is 16.0 Å². The van der Waals surface area contributed by atoms with Crippen LogP contribution in [0, 0.1) is 33.6 Å². The molecule has 1 unspecified atom stereocenters. The van der Waals surface area contributed by atoms with Crippen molar-refractivity contribution < 1.29 is 22.7 Å². The van der Waals surface area contributed by atoms with Gasteiger partial charge in [0, 0.05) is 25.7 Å². The third kappa shape index (κ3) is 5.43. The summed E-state index contributed by atoms with van der Waals surface area (Å²) in [5.74, 6) is -0.908. The fraction of sp³-hybridized carbons (Fsp3) is 0.680. The second kappa shape index (κ2) is 10.6. The minimum Gasteiger partial charge on any atom is -0.455 e. The summed E-state index contributed by atoms with van der Waals surface area (Å²) in [5.41, 5.74) is 3.47. The van der Waals surface area contributed by atoms with Crippen LogP contribution in [0.1, 0.15) is 67.7 Å². The lowest BCUT2D eigenvalue weighted by atomic mass is 9.98. The van der Waals surface area contributed by atoms with Gasteiger partial charge in [-0.25, -0.2) is 8.42 Å². The molecule has 0 bridgehead atoms. The maximum Gasteiger partial charge on any atom is 0.309 e. The minimum atomic E-state index is -3.65. The van der Waals surface area contributed by atoms with Gasteiger partial charge in [0.15, 0.2) is 6.61 Å². The van der Waals surface area contributed by atoms with Crippen molar-refractivity contribution in [3.63, 3.8) is 0 Å². The highest BCUT2D eigenvalue weighted by Crippen LogP contribution is 2.31. The summed E-state index contributed by atoms with van der Waals surface area (Å²) in [7, 11) is -3.65. The lowest BCUT2D eigenvalue weighted by Crippen LogP contribution is -2.46. The Morgan fingerprint density at radius 3 is 2.15 bits per heavy atom. The van der Waals surface area contributed by atoms with Crippen LogP contribution in [0.15, 0.2) is 11.0 Å². The predicted octanol–water partition coefficient (Wildman–Crippen LogP) is 3.66. The normalized spacial score (nSPS) is 20.6. The average Bonchev–Trinajstić information content (AvgIpc) is 2.81. The first-order valence-electron chi connectivity index (χ1n) is 12.1. The maximum atomic E-state index is 13.4. The first-order chi connectivity index (χ1) is 15.6. The third-order valence-corrected chi connectivity index (χ3v) is 9.61. The number of carbonyl (C=O) groups excluding carboxylic acids is 2. The molecule has 2 heterocycles. The summed E-state index contributed by atoms with van der Waals surface area (Å²) >= 11 is 0. The molecule has 2 aliphatic rings. The molecule has 184 valence electrons. The number of rotatable bonds is 6. The van der Waals surface area contributed by atoms with Gasteiger partial charge in [-0.05, 0) is 88.5 Å². The molecule has 3 rings (SSSR count). The number of nitrogens with zero attached hydrogens (tertiary/aromatic N) is 2. The topological polar surface area (TPSA) is 84.0 Å². The van der Waals surface area contributed by atoms with Crippen molar-refractivity contribution in [2.45, 2.75) is 84.1 Å². The van der Waals surface area contributed by atoms with Crippen LogP contribution in [0.2, 0.25) is 0 Å². The smallest absolute Gasteiger partial charge is 0.309 e. The highest BCUT2D eigenvalue weighted by molar-refractivity contribution is 7.89. The van der Waals surface area contributed by atoms with Crippen LogP contribution in [0.3, 0.4) is 0 Å². The van der Waals surface area contributed by atoms with Gasteiger partial charge in [-0.15, -0.1) is 0 Å². The van der Waals surface area contributed by atoms with Crippen molar-refractivity contribution in [3.05, 3.63) is 28.3 Å². The second-order valence-electron chi connectivity index (χ2n) is 9.52. The van der Waals surface area contributed by atoms with E-state index in [9.17, 15) is 18.0 Å². The van der Waals surface area contributed by atoms with Crippen LogP contribution >= 0.6 is 0 Å². The number of esters is 1. The van der Waals surface area contributed by atoms with Gasteiger partial charge < -0.3 is 9.64 Å². The summed E-state index contributed by atoms with van der Waals surface area (Å²) < 4.78 is 33.7. The number of sulfonamides is 1. The number of aryl methyl sites for hydroxylation is 2. The van der Waals surface area contributed by atoms with Crippen molar-refractivity contribution in [1.82, 2.24) is 9.21 Å². The zero-order valence-corrected chi connectivity index (χ0v) is 21.5. The van der Waals surface area contributed by atoms with E-state index in [1.54, 1.807) is 0 Å². The number of amides is 1. The fourth-order valence-corrected chi connectivity index (χ4v) is 7.16. The van der Waals surface area contributed by atoms with Crippen LogP contribution in [0.5, 0.6) is 0 Å². The molecular formula is C25H38N2O5S. The molecule has 33 heavy (non-hydrogen) atoms. The average molecular weight is 479 g/mol. The van der Waals surface area contributed by atoms with Gasteiger partial charge in [-0.2, -0.15) is 4.31 Å². The van der Waals surface area contributed by atoms with Crippen molar-refractivity contribution in [3.8, 4) is 0 Å². The Balaban J connectivity index is 1.58. The standard InChI is InChI=1S/C25H38N2O5S/c1-6-22-9-7-8-12-27(22)23(28)16-32-25(29)21-10-13-26(14-11-21)33(30,31)24-19(4)17(2)15-18(3)20(24)5/h15,21-22H,6-14,16H2,1-5H3. The van der Waals surface area contributed by atoms with Gasteiger partial charge in [0.1, 0.15) is 0 Å². The molecule has 1 aromatic carbocycles. The van der Waals surface area contributed by atoms with Crippen LogP contribution in [-0.2, 0) is 24.3 Å². The molecule has 0 radical (unpaired) electrons. The summed E-state index contributed by atoms with van der Waals surface area (Å²) in [6, 6.07) is 2.25. The molecule has 7 nitrogen and oxygen atoms in total. The zero-order chi connectivity index (χ0) is 24.3. The van der Waals surface area contributed by atoms with Gasteiger partial charge in [-0.1, -0.05) is 13.0 Å². The molecule has 1 atom stereocenters. The van der Waals surface area contributed by atoms with E-state index in [4.69, 9.17) is 4.74 Å². The van der Waals surface area contributed by atoms with Crippen LogP contribution < -0.4 is 0 Å². The van der Waals surface area contributed by atoms with E-state index in [1.165, 1.54) is 4.31 Å². The molecule has 0 saturated carbocycles. The van der Waals surface area contributed by atoms with Crippen molar-refractivity contribution in [2.24, 2.45) is 5.92 Å². The number of carbonyl (C=O) groups is 2. The maximum absolute atomic E-state index is 13.4.